The molecule has 1 N–H and O–H groups in total. The molecule has 1 aromatic carbocycles. The molecule has 0 aliphatic carbocycles. The van der Waals surface area contributed by atoms with E-state index in [2.05, 4.69) is 5.32 Å². The van der Waals surface area contributed by atoms with E-state index < -0.39 is 0 Å². The van der Waals surface area contributed by atoms with Crippen LogP contribution in [0.25, 0.3) is 0 Å². The molecular formula is C12H15NO3. The van der Waals surface area contributed by atoms with Gasteiger partial charge in [-0.1, -0.05) is 12.1 Å². The van der Waals surface area contributed by atoms with Crippen molar-refractivity contribution in [2.75, 3.05) is 13.2 Å². The van der Waals surface area contributed by atoms with Gasteiger partial charge < -0.3 is 10.1 Å². The third-order valence-corrected chi connectivity index (χ3v) is 2.11. The van der Waals surface area contributed by atoms with Gasteiger partial charge in [0.15, 0.2) is 0 Å². The largest absolute Gasteiger partial charge is 0.462 e. The maximum atomic E-state index is 11.3. The lowest BCUT2D eigenvalue weighted by Gasteiger charge is -2.03. The number of rotatable bonds is 6. The lowest BCUT2D eigenvalue weighted by atomic mass is 10.1. The first-order valence-electron chi connectivity index (χ1n) is 5.21. The van der Waals surface area contributed by atoms with E-state index in [0.29, 0.717) is 25.1 Å². The molecule has 0 radical (unpaired) electrons. The van der Waals surface area contributed by atoms with Crippen molar-refractivity contribution in [3.8, 4) is 0 Å². The first-order chi connectivity index (χ1) is 7.77. The zero-order valence-electron chi connectivity index (χ0n) is 9.23. The molecule has 0 saturated heterocycles. The van der Waals surface area contributed by atoms with E-state index in [4.69, 9.17) is 4.74 Å². The molecule has 1 rings (SSSR count). The third kappa shape index (κ3) is 3.73. The number of carbonyl (C=O) groups is 2. The Morgan fingerprint density at radius 2 is 2.06 bits per heavy atom. The molecule has 1 aromatic rings. The van der Waals surface area contributed by atoms with E-state index in [1.807, 2.05) is 12.1 Å². The number of amides is 1. The standard InChI is InChI=1S/C12H15NO3/c1-2-16-12(15)11-5-3-10(4-6-11)7-8-13-9-14/h3-6,9H,2,7-8H2,1H3,(H,13,14). The summed E-state index contributed by atoms with van der Waals surface area (Å²) in [5.41, 5.74) is 1.62. The Labute approximate surface area is 94.6 Å². The number of carbonyl (C=O) groups excluding carboxylic acids is 2. The fourth-order valence-corrected chi connectivity index (χ4v) is 1.30. The van der Waals surface area contributed by atoms with Gasteiger partial charge >= 0.3 is 5.97 Å². The van der Waals surface area contributed by atoms with E-state index in [0.717, 1.165) is 12.0 Å². The second kappa shape index (κ2) is 6.61. The molecule has 86 valence electrons. The zero-order chi connectivity index (χ0) is 11.8. The molecular weight excluding hydrogens is 206 g/mol. The number of hydrogen-bond acceptors (Lipinski definition) is 3. The molecule has 4 heteroatoms. The van der Waals surface area contributed by atoms with Gasteiger partial charge in [0.1, 0.15) is 0 Å². The fourth-order valence-electron chi connectivity index (χ4n) is 1.30. The molecule has 0 aliphatic rings. The van der Waals surface area contributed by atoms with E-state index >= 15 is 0 Å². The number of esters is 1. The monoisotopic (exact) mass is 221 g/mol. The van der Waals surface area contributed by atoms with Gasteiger partial charge in [0.25, 0.3) is 0 Å². The first-order valence-corrected chi connectivity index (χ1v) is 5.21. The van der Waals surface area contributed by atoms with Gasteiger partial charge in [0.2, 0.25) is 6.41 Å². The zero-order valence-corrected chi connectivity index (χ0v) is 9.23. The Bertz CT molecular complexity index is 346. The summed E-state index contributed by atoms with van der Waals surface area (Å²) in [5.74, 6) is -0.305. The van der Waals surface area contributed by atoms with Gasteiger partial charge in [-0.3, -0.25) is 4.79 Å². The SMILES string of the molecule is CCOC(=O)c1ccc(CCNC=O)cc1. The van der Waals surface area contributed by atoms with Gasteiger partial charge in [-0.2, -0.15) is 0 Å². The highest BCUT2D eigenvalue weighted by Crippen LogP contribution is 2.06. The van der Waals surface area contributed by atoms with Crippen LogP contribution in [0.15, 0.2) is 24.3 Å². The topological polar surface area (TPSA) is 55.4 Å². The summed E-state index contributed by atoms with van der Waals surface area (Å²) in [6, 6.07) is 7.18. The highest BCUT2D eigenvalue weighted by molar-refractivity contribution is 5.89. The van der Waals surface area contributed by atoms with Crippen molar-refractivity contribution in [3.05, 3.63) is 35.4 Å². The quantitative estimate of drug-likeness (QED) is 0.445. The van der Waals surface area contributed by atoms with Crippen LogP contribution < -0.4 is 5.32 Å². The number of ether oxygens (including phenoxy) is 1. The summed E-state index contributed by atoms with van der Waals surface area (Å²) in [7, 11) is 0. The van der Waals surface area contributed by atoms with Crippen LogP contribution in [0, 0.1) is 0 Å². The Morgan fingerprint density at radius 3 is 2.62 bits per heavy atom. The van der Waals surface area contributed by atoms with Crippen molar-refractivity contribution in [2.24, 2.45) is 0 Å². The molecule has 0 spiro atoms. The van der Waals surface area contributed by atoms with Gasteiger partial charge in [-0.15, -0.1) is 0 Å². The summed E-state index contributed by atoms with van der Waals surface area (Å²) in [4.78, 5) is 21.4. The number of nitrogens with one attached hydrogen (secondary N) is 1. The molecule has 0 aliphatic heterocycles. The lowest BCUT2D eigenvalue weighted by Crippen LogP contribution is -2.14. The Kier molecular flexibility index (Phi) is 5.05. The van der Waals surface area contributed by atoms with Crippen molar-refractivity contribution in [2.45, 2.75) is 13.3 Å². The van der Waals surface area contributed by atoms with Crippen molar-refractivity contribution in [3.63, 3.8) is 0 Å². The molecule has 16 heavy (non-hydrogen) atoms. The van der Waals surface area contributed by atoms with Gasteiger partial charge in [-0.25, -0.2) is 4.79 Å². The van der Waals surface area contributed by atoms with Crippen LogP contribution >= 0.6 is 0 Å². The van der Waals surface area contributed by atoms with Crippen molar-refractivity contribution >= 4 is 12.4 Å². The van der Waals surface area contributed by atoms with Crippen molar-refractivity contribution in [1.29, 1.82) is 0 Å². The molecule has 0 fully saturated rings. The fraction of sp³-hybridized carbons (Fsp3) is 0.333. The van der Waals surface area contributed by atoms with Crippen LogP contribution in [0.1, 0.15) is 22.8 Å². The minimum Gasteiger partial charge on any atom is -0.462 e. The summed E-state index contributed by atoms with van der Waals surface area (Å²) < 4.78 is 4.87. The van der Waals surface area contributed by atoms with Crippen molar-refractivity contribution in [1.82, 2.24) is 5.32 Å². The maximum Gasteiger partial charge on any atom is 0.338 e. The highest BCUT2D eigenvalue weighted by Gasteiger charge is 2.04. The average molecular weight is 221 g/mol. The average Bonchev–Trinajstić information content (AvgIpc) is 2.30. The van der Waals surface area contributed by atoms with E-state index in [1.54, 1.807) is 19.1 Å². The second-order valence-corrected chi connectivity index (χ2v) is 3.24. The molecule has 0 bridgehead atoms. The Balaban J connectivity index is 2.53. The van der Waals surface area contributed by atoms with Gasteiger partial charge in [0.05, 0.1) is 12.2 Å². The maximum absolute atomic E-state index is 11.3. The Morgan fingerprint density at radius 1 is 1.38 bits per heavy atom. The molecule has 0 unspecified atom stereocenters. The van der Waals surface area contributed by atoms with E-state index in [1.165, 1.54) is 0 Å². The minimum absolute atomic E-state index is 0.305. The predicted molar refractivity (Wildman–Crippen MR) is 60.2 cm³/mol. The molecule has 0 saturated carbocycles. The van der Waals surface area contributed by atoms with Crippen LogP contribution in [0.4, 0.5) is 0 Å². The second-order valence-electron chi connectivity index (χ2n) is 3.24. The first kappa shape index (κ1) is 12.2. The molecule has 1 amide bonds. The Hall–Kier alpha value is -1.84. The summed E-state index contributed by atoms with van der Waals surface area (Å²) >= 11 is 0. The summed E-state index contributed by atoms with van der Waals surface area (Å²) in [6.45, 7) is 2.75. The van der Waals surface area contributed by atoms with E-state index in [9.17, 15) is 9.59 Å². The molecule has 0 heterocycles. The number of benzene rings is 1. The molecule has 0 atom stereocenters. The van der Waals surface area contributed by atoms with Gasteiger partial charge in [0, 0.05) is 6.54 Å². The number of hydrogen-bond donors (Lipinski definition) is 1. The van der Waals surface area contributed by atoms with Crippen molar-refractivity contribution < 1.29 is 14.3 Å². The van der Waals surface area contributed by atoms with Crippen LogP contribution in [0.2, 0.25) is 0 Å². The van der Waals surface area contributed by atoms with Gasteiger partial charge in [-0.05, 0) is 31.0 Å². The molecule has 0 aromatic heterocycles. The highest BCUT2D eigenvalue weighted by atomic mass is 16.5. The summed E-state index contributed by atoms with van der Waals surface area (Å²) in [5, 5.41) is 2.58. The van der Waals surface area contributed by atoms with Crippen LogP contribution in [-0.2, 0) is 16.0 Å². The lowest BCUT2D eigenvalue weighted by molar-refractivity contribution is -0.109. The third-order valence-electron chi connectivity index (χ3n) is 2.11. The van der Waals surface area contributed by atoms with Crippen LogP contribution in [-0.4, -0.2) is 25.5 Å². The molecule has 4 nitrogen and oxygen atoms in total. The van der Waals surface area contributed by atoms with Crippen LogP contribution in [0.5, 0.6) is 0 Å². The smallest absolute Gasteiger partial charge is 0.338 e. The minimum atomic E-state index is -0.305. The van der Waals surface area contributed by atoms with Crippen LogP contribution in [0.3, 0.4) is 0 Å². The predicted octanol–water partition coefficient (Wildman–Crippen LogP) is 1.15. The van der Waals surface area contributed by atoms with E-state index in [-0.39, 0.29) is 5.97 Å². The summed E-state index contributed by atoms with van der Waals surface area (Å²) in [6.07, 6.45) is 1.43. The normalized spacial score (nSPS) is 9.56.